The molecule has 0 radical (unpaired) electrons. The maximum Gasteiger partial charge on any atom is 0.416 e. The SMILES string of the molecule is Cl.N=C(N)N1CCC[C@H]1c1nc(-c2ccc(OCc3ccc(C(F)(F)F)cc3)c(-c3ccccc3)c2)no1. The summed E-state index contributed by atoms with van der Waals surface area (Å²) in [6, 6.07) is 19.8. The molecule has 1 aliphatic heterocycles. The molecule has 2 heterocycles. The van der Waals surface area contributed by atoms with Gasteiger partial charge in [-0.1, -0.05) is 47.6 Å². The fraction of sp³-hybridized carbons (Fsp3) is 0.222. The molecule has 38 heavy (non-hydrogen) atoms. The predicted octanol–water partition coefficient (Wildman–Crippen LogP) is 6.45. The number of aromatic nitrogens is 2. The van der Waals surface area contributed by atoms with Crippen LogP contribution < -0.4 is 10.5 Å². The third-order valence-electron chi connectivity index (χ3n) is 6.29. The van der Waals surface area contributed by atoms with E-state index in [-0.39, 0.29) is 31.0 Å². The second-order valence-corrected chi connectivity index (χ2v) is 8.75. The van der Waals surface area contributed by atoms with Crippen molar-refractivity contribution in [3.05, 3.63) is 89.8 Å². The van der Waals surface area contributed by atoms with Gasteiger partial charge in [0, 0.05) is 17.7 Å². The summed E-state index contributed by atoms with van der Waals surface area (Å²) >= 11 is 0. The Morgan fingerprint density at radius 1 is 1.05 bits per heavy atom. The fourth-order valence-electron chi connectivity index (χ4n) is 4.39. The van der Waals surface area contributed by atoms with Gasteiger partial charge >= 0.3 is 6.18 Å². The molecule has 0 bridgehead atoms. The van der Waals surface area contributed by atoms with Crippen molar-refractivity contribution in [1.29, 1.82) is 5.41 Å². The second-order valence-electron chi connectivity index (χ2n) is 8.75. The number of likely N-dealkylation sites (tertiary alicyclic amines) is 1. The Balaban J connectivity index is 0.00000336. The van der Waals surface area contributed by atoms with Crippen LogP contribution in [0, 0.1) is 5.41 Å². The van der Waals surface area contributed by atoms with E-state index in [1.807, 2.05) is 36.4 Å². The molecule has 3 aromatic carbocycles. The molecule has 0 unspecified atom stereocenters. The van der Waals surface area contributed by atoms with Gasteiger partial charge in [-0.05, 0) is 54.3 Å². The highest BCUT2D eigenvalue weighted by atomic mass is 35.5. The molecule has 198 valence electrons. The van der Waals surface area contributed by atoms with Gasteiger partial charge < -0.3 is 19.9 Å². The van der Waals surface area contributed by atoms with Crippen LogP contribution in [-0.4, -0.2) is 27.5 Å². The molecule has 3 N–H and O–H groups in total. The molecular weight excluding hydrogens is 519 g/mol. The lowest BCUT2D eigenvalue weighted by Crippen LogP contribution is -2.35. The summed E-state index contributed by atoms with van der Waals surface area (Å²) in [6.07, 6.45) is -2.73. The number of halogens is 4. The zero-order valence-electron chi connectivity index (χ0n) is 20.1. The molecule has 1 fully saturated rings. The van der Waals surface area contributed by atoms with Gasteiger partial charge in [-0.15, -0.1) is 12.4 Å². The highest BCUT2D eigenvalue weighted by molar-refractivity contribution is 5.85. The van der Waals surface area contributed by atoms with E-state index in [0.717, 1.165) is 36.1 Å². The molecule has 0 aliphatic carbocycles. The first-order valence-electron chi connectivity index (χ1n) is 11.7. The number of alkyl halides is 3. The van der Waals surface area contributed by atoms with Crippen LogP contribution >= 0.6 is 12.4 Å². The van der Waals surface area contributed by atoms with Crippen molar-refractivity contribution in [1.82, 2.24) is 15.0 Å². The third kappa shape index (κ3) is 5.75. The predicted molar refractivity (Wildman–Crippen MR) is 139 cm³/mol. The Morgan fingerprint density at radius 3 is 2.47 bits per heavy atom. The summed E-state index contributed by atoms with van der Waals surface area (Å²) in [5, 5.41) is 11.9. The Bertz CT molecular complexity index is 1390. The summed E-state index contributed by atoms with van der Waals surface area (Å²) in [5.41, 5.74) is 8.00. The Morgan fingerprint density at radius 2 is 1.79 bits per heavy atom. The van der Waals surface area contributed by atoms with Crippen molar-refractivity contribution in [2.75, 3.05) is 6.54 Å². The molecule has 11 heteroatoms. The van der Waals surface area contributed by atoms with Gasteiger partial charge in [-0.3, -0.25) is 5.41 Å². The smallest absolute Gasteiger partial charge is 0.416 e. The first kappa shape index (κ1) is 27.0. The van der Waals surface area contributed by atoms with E-state index < -0.39 is 11.7 Å². The first-order chi connectivity index (χ1) is 17.8. The lowest BCUT2D eigenvalue weighted by molar-refractivity contribution is -0.137. The molecule has 0 spiro atoms. The van der Waals surface area contributed by atoms with Crippen LogP contribution in [0.25, 0.3) is 22.5 Å². The molecule has 4 aromatic rings. The minimum Gasteiger partial charge on any atom is -0.488 e. The zero-order chi connectivity index (χ0) is 26.0. The van der Waals surface area contributed by atoms with Crippen molar-refractivity contribution in [3.63, 3.8) is 0 Å². The molecule has 1 aromatic heterocycles. The minimum absolute atomic E-state index is 0. The van der Waals surface area contributed by atoms with Gasteiger partial charge in [-0.2, -0.15) is 18.2 Å². The van der Waals surface area contributed by atoms with E-state index in [1.54, 1.807) is 17.0 Å². The summed E-state index contributed by atoms with van der Waals surface area (Å²) in [5.74, 6) is 1.35. The minimum atomic E-state index is -4.38. The van der Waals surface area contributed by atoms with E-state index >= 15 is 0 Å². The number of hydrogen-bond donors (Lipinski definition) is 2. The van der Waals surface area contributed by atoms with Gasteiger partial charge in [0.25, 0.3) is 0 Å². The highest BCUT2D eigenvalue weighted by Crippen LogP contribution is 2.36. The number of ether oxygens (including phenoxy) is 1. The van der Waals surface area contributed by atoms with Crippen LogP contribution in [0.15, 0.2) is 77.3 Å². The number of rotatable bonds is 6. The van der Waals surface area contributed by atoms with Crippen molar-refractivity contribution < 1.29 is 22.4 Å². The third-order valence-corrected chi connectivity index (χ3v) is 6.29. The van der Waals surface area contributed by atoms with Gasteiger partial charge in [-0.25, -0.2) is 0 Å². The zero-order valence-corrected chi connectivity index (χ0v) is 20.9. The van der Waals surface area contributed by atoms with E-state index in [9.17, 15) is 13.2 Å². The summed E-state index contributed by atoms with van der Waals surface area (Å²) in [4.78, 5) is 6.32. The number of nitrogens with two attached hydrogens (primary N) is 1. The topological polar surface area (TPSA) is 101 Å². The summed E-state index contributed by atoms with van der Waals surface area (Å²) in [7, 11) is 0. The maximum absolute atomic E-state index is 12.9. The van der Waals surface area contributed by atoms with E-state index in [4.69, 9.17) is 20.4 Å². The van der Waals surface area contributed by atoms with E-state index in [0.29, 0.717) is 35.1 Å². The summed E-state index contributed by atoms with van der Waals surface area (Å²) in [6.45, 7) is 0.771. The van der Waals surface area contributed by atoms with Crippen molar-refractivity contribution >= 4 is 18.4 Å². The maximum atomic E-state index is 12.9. The van der Waals surface area contributed by atoms with Gasteiger partial charge in [0.15, 0.2) is 5.96 Å². The first-order valence-corrected chi connectivity index (χ1v) is 11.7. The van der Waals surface area contributed by atoms with Gasteiger partial charge in [0.2, 0.25) is 11.7 Å². The molecular formula is C27H25ClF3N5O2. The molecule has 5 rings (SSSR count). The van der Waals surface area contributed by atoms with Crippen LogP contribution in [0.3, 0.4) is 0 Å². The lowest BCUT2D eigenvalue weighted by atomic mass is 10.0. The summed E-state index contributed by atoms with van der Waals surface area (Å²) < 4.78 is 50.2. The molecule has 0 amide bonds. The number of nitrogens with one attached hydrogen (secondary N) is 1. The van der Waals surface area contributed by atoms with E-state index in [2.05, 4.69) is 10.1 Å². The van der Waals surface area contributed by atoms with Gasteiger partial charge in [0.1, 0.15) is 18.4 Å². The number of nitrogens with zero attached hydrogens (tertiary/aromatic N) is 3. The molecule has 1 atom stereocenters. The fourth-order valence-corrected chi connectivity index (χ4v) is 4.39. The Hall–Kier alpha value is -4.05. The van der Waals surface area contributed by atoms with Crippen LogP contribution in [0.4, 0.5) is 13.2 Å². The second kappa shape index (κ2) is 11.1. The Kier molecular flexibility index (Phi) is 7.91. The molecule has 0 saturated carbocycles. The van der Waals surface area contributed by atoms with Crippen LogP contribution in [0.2, 0.25) is 0 Å². The molecule has 1 saturated heterocycles. The monoisotopic (exact) mass is 543 g/mol. The average Bonchev–Trinajstić information content (AvgIpc) is 3.58. The highest BCUT2D eigenvalue weighted by Gasteiger charge is 2.32. The quantitative estimate of drug-likeness (QED) is 0.214. The largest absolute Gasteiger partial charge is 0.488 e. The van der Waals surface area contributed by atoms with Gasteiger partial charge in [0.05, 0.1) is 5.56 Å². The Labute approximate surface area is 223 Å². The van der Waals surface area contributed by atoms with Crippen LogP contribution in [-0.2, 0) is 12.8 Å². The van der Waals surface area contributed by atoms with Crippen molar-refractivity contribution in [2.24, 2.45) is 5.73 Å². The lowest BCUT2D eigenvalue weighted by Gasteiger charge is -2.21. The van der Waals surface area contributed by atoms with Crippen molar-refractivity contribution in [2.45, 2.75) is 31.7 Å². The molecule has 7 nitrogen and oxygen atoms in total. The number of hydrogen-bond acceptors (Lipinski definition) is 5. The van der Waals surface area contributed by atoms with E-state index in [1.165, 1.54) is 12.1 Å². The number of guanidine groups is 1. The normalized spacial score (nSPS) is 15.2. The van der Waals surface area contributed by atoms with Crippen molar-refractivity contribution in [3.8, 4) is 28.3 Å². The average molecular weight is 544 g/mol. The standard InChI is InChI=1S/C27H24F3N5O2.ClH/c28-27(29,30)20-11-8-17(9-12-20)16-36-23-13-10-19(15-21(23)18-5-2-1-3-6-18)24-33-25(37-34-24)22-7-4-14-35(22)26(31)32;/h1-3,5-6,8-13,15,22H,4,7,14,16H2,(H3,31,32);1H/t22-;/m0./s1. The number of benzene rings is 3. The van der Waals surface area contributed by atoms with Crippen LogP contribution in [0.5, 0.6) is 5.75 Å². The molecule has 1 aliphatic rings. The van der Waals surface area contributed by atoms with Crippen LogP contribution in [0.1, 0.15) is 35.9 Å².